The summed E-state index contributed by atoms with van der Waals surface area (Å²) in [4.78, 5) is 15.4. The molecule has 3 heterocycles. The predicted octanol–water partition coefficient (Wildman–Crippen LogP) is 1.50. The Labute approximate surface area is 104 Å². The van der Waals surface area contributed by atoms with Gasteiger partial charge in [0, 0.05) is 12.1 Å². The maximum Gasteiger partial charge on any atom is 0.335 e. The molecular weight excluding hydrogens is 230 g/mol. The molecule has 1 saturated heterocycles. The summed E-state index contributed by atoms with van der Waals surface area (Å²) in [6, 6.07) is 3.29. The van der Waals surface area contributed by atoms with Gasteiger partial charge in [-0.05, 0) is 38.1 Å². The van der Waals surface area contributed by atoms with E-state index in [1.54, 1.807) is 18.3 Å². The number of carboxylic acid groups (broad SMARTS) is 1. The molecule has 3 rings (SSSR count). The molecule has 1 fully saturated rings. The van der Waals surface area contributed by atoms with Crippen LogP contribution in [0.5, 0.6) is 0 Å². The van der Waals surface area contributed by atoms with Crippen LogP contribution in [-0.4, -0.2) is 33.6 Å². The Morgan fingerprint density at radius 1 is 1.44 bits per heavy atom. The van der Waals surface area contributed by atoms with Crippen LogP contribution < -0.4 is 5.32 Å². The topological polar surface area (TPSA) is 66.6 Å². The monoisotopic (exact) mass is 245 g/mol. The summed E-state index contributed by atoms with van der Waals surface area (Å²) in [5, 5.41) is 12.3. The molecule has 2 aromatic rings. The second-order valence-corrected chi connectivity index (χ2v) is 4.66. The molecule has 0 saturated carbocycles. The van der Waals surface area contributed by atoms with Crippen LogP contribution in [0.4, 0.5) is 0 Å². The summed E-state index contributed by atoms with van der Waals surface area (Å²) in [5.41, 5.74) is 1.16. The molecule has 18 heavy (non-hydrogen) atoms. The van der Waals surface area contributed by atoms with Gasteiger partial charge in [-0.2, -0.15) is 0 Å². The third kappa shape index (κ3) is 1.86. The van der Waals surface area contributed by atoms with E-state index < -0.39 is 5.97 Å². The quantitative estimate of drug-likeness (QED) is 0.841. The lowest BCUT2D eigenvalue weighted by molar-refractivity contribution is 0.0697. The van der Waals surface area contributed by atoms with Gasteiger partial charge in [0.2, 0.25) is 0 Å². The van der Waals surface area contributed by atoms with Crippen LogP contribution in [0.25, 0.3) is 5.52 Å². The van der Waals surface area contributed by atoms with Gasteiger partial charge in [0.25, 0.3) is 0 Å². The first-order valence-corrected chi connectivity index (χ1v) is 6.17. The maximum atomic E-state index is 10.9. The number of aromatic nitrogens is 2. The standard InChI is InChI=1S/C13H15N3O2/c17-13(18)10-3-6-16-11(7-10)8-15-12(16)9-1-4-14-5-2-9/h3,6-9,14H,1-2,4-5H2,(H,17,18). The molecule has 0 bridgehead atoms. The first kappa shape index (κ1) is 11.2. The average Bonchev–Trinajstić information content (AvgIpc) is 2.82. The van der Waals surface area contributed by atoms with E-state index in [1.165, 1.54) is 0 Å². The third-order valence-electron chi connectivity index (χ3n) is 3.51. The minimum atomic E-state index is -0.901. The number of carbonyl (C=O) groups is 1. The van der Waals surface area contributed by atoms with Crippen molar-refractivity contribution in [2.75, 3.05) is 13.1 Å². The molecule has 5 heteroatoms. The summed E-state index contributed by atoms with van der Waals surface area (Å²) in [6.07, 6.45) is 5.73. The van der Waals surface area contributed by atoms with E-state index in [4.69, 9.17) is 5.11 Å². The highest BCUT2D eigenvalue weighted by molar-refractivity contribution is 5.88. The second kappa shape index (κ2) is 4.42. The number of imidazole rings is 1. The number of hydrogen-bond acceptors (Lipinski definition) is 3. The van der Waals surface area contributed by atoms with Gasteiger partial charge in [0.15, 0.2) is 0 Å². The van der Waals surface area contributed by atoms with E-state index in [9.17, 15) is 4.79 Å². The highest BCUT2D eigenvalue weighted by Crippen LogP contribution is 2.25. The summed E-state index contributed by atoms with van der Waals surface area (Å²) in [6.45, 7) is 2.04. The minimum Gasteiger partial charge on any atom is -0.478 e. The van der Waals surface area contributed by atoms with E-state index in [0.29, 0.717) is 11.5 Å². The van der Waals surface area contributed by atoms with Gasteiger partial charge in [-0.3, -0.25) is 0 Å². The summed E-state index contributed by atoms with van der Waals surface area (Å²) in [5.74, 6) is 0.606. The number of piperidine rings is 1. The Hall–Kier alpha value is -1.88. The Bertz CT molecular complexity index is 585. The van der Waals surface area contributed by atoms with Crippen molar-refractivity contribution in [3.05, 3.63) is 35.9 Å². The molecule has 1 aliphatic heterocycles. The zero-order valence-corrected chi connectivity index (χ0v) is 9.97. The van der Waals surface area contributed by atoms with Crippen molar-refractivity contribution >= 4 is 11.5 Å². The molecule has 0 radical (unpaired) electrons. The van der Waals surface area contributed by atoms with Crippen LogP contribution in [-0.2, 0) is 0 Å². The summed E-state index contributed by atoms with van der Waals surface area (Å²) in [7, 11) is 0. The van der Waals surface area contributed by atoms with Crippen LogP contribution >= 0.6 is 0 Å². The Morgan fingerprint density at radius 3 is 2.94 bits per heavy atom. The SMILES string of the molecule is O=C(O)c1ccn2c(C3CCNCC3)ncc2c1. The predicted molar refractivity (Wildman–Crippen MR) is 67.0 cm³/mol. The van der Waals surface area contributed by atoms with E-state index in [1.807, 2.05) is 10.6 Å². The number of nitrogens with zero attached hydrogens (tertiary/aromatic N) is 2. The summed E-state index contributed by atoms with van der Waals surface area (Å²) >= 11 is 0. The van der Waals surface area contributed by atoms with E-state index in [2.05, 4.69) is 10.3 Å². The first-order chi connectivity index (χ1) is 8.75. The Kier molecular flexibility index (Phi) is 2.76. The van der Waals surface area contributed by atoms with Crippen LogP contribution in [0.3, 0.4) is 0 Å². The largest absolute Gasteiger partial charge is 0.478 e. The van der Waals surface area contributed by atoms with Gasteiger partial charge in [-0.1, -0.05) is 0 Å². The number of fused-ring (bicyclic) bond motifs is 1. The molecule has 0 aromatic carbocycles. The van der Waals surface area contributed by atoms with Crippen molar-refractivity contribution in [1.82, 2.24) is 14.7 Å². The van der Waals surface area contributed by atoms with Crippen molar-refractivity contribution in [2.24, 2.45) is 0 Å². The van der Waals surface area contributed by atoms with Gasteiger partial charge >= 0.3 is 5.97 Å². The first-order valence-electron chi connectivity index (χ1n) is 6.17. The summed E-state index contributed by atoms with van der Waals surface area (Å²) < 4.78 is 2.00. The van der Waals surface area contributed by atoms with Crippen molar-refractivity contribution in [3.8, 4) is 0 Å². The van der Waals surface area contributed by atoms with Gasteiger partial charge < -0.3 is 14.8 Å². The molecule has 2 N–H and O–H groups in total. The molecule has 0 atom stereocenters. The molecule has 0 aliphatic carbocycles. The van der Waals surface area contributed by atoms with Gasteiger partial charge in [-0.25, -0.2) is 9.78 Å². The zero-order valence-electron chi connectivity index (χ0n) is 9.97. The number of pyridine rings is 1. The minimum absolute atomic E-state index is 0.305. The molecule has 0 spiro atoms. The normalized spacial score (nSPS) is 17.1. The lowest BCUT2D eigenvalue weighted by Crippen LogP contribution is -2.27. The molecule has 0 unspecified atom stereocenters. The second-order valence-electron chi connectivity index (χ2n) is 4.66. The number of nitrogens with one attached hydrogen (secondary N) is 1. The van der Waals surface area contributed by atoms with Gasteiger partial charge in [0.1, 0.15) is 5.82 Å². The molecule has 1 aliphatic rings. The molecular formula is C13H15N3O2. The van der Waals surface area contributed by atoms with Crippen LogP contribution in [0.15, 0.2) is 24.5 Å². The fourth-order valence-corrected chi connectivity index (χ4v) is 2.54. The highest BCUT2D eigenvalue weighted by Gasteiger charge is 2.19. The lowest BCUT2D eigenvalue weighted by atomic mass is 9.97. The number of carboxylic acids is 1. The molecule has 5 nitrogen and oxygen atoms in total. The Morgan fingerprint density at radius 2 is 2.22 bits per heavy atom. The molecule has 94 valence electrons. The maximum absolute atomic E-state index is 10.9. The number of hydrogen-bond donors (Lipinski definition) is 2. The highest BCUT2D eigenvalue weighted by atomic mass is 16.4. The Balaban J connectivity index is 2.01. The van der Waals surface area contributed by atoms with Gasteiger partial charge in [-0.15, -0.1) is 0 Å². The van der Waals surface area contributed by atoms with Crippen molar-refractivity contribution in [3.63, 3.8) is 0 Å². The third-order valence-corrected chi connectivity index (χ3v) is 3.51. The molecule has 2 aromatic heterocycles. The zero-order chi connectivity index (χ0) is 12.5. The fraction of sp³-hybridized carbons (Fsp3) is 0.385. The van der Waals surface area contributed by atoms with Gasteiger partial charge in [0.05, 0.1) is 17.3 Å². The van der Waals surface area contributed by atoms with Crippen molar-refractivity contribution < 1.29 is 9.90 Å². The van der Waals surface area contributed by atoms with Crippen LogP contribution in [0.1, 0.15) is 34.9 Å². The van der Waals surface area contributed by atoms with E-state index >= 15 is 0 Å². The molecule has 0 amide bonds. The lowest BCUT2D eigenvalue weighted by Gasteiger charge is -2.21. The smallest absolute Gasteiger partial charge is 0.335 e. The van der Waals surface area contributed by atoms with Crippen LogP contribution in [0, 0.1) is 0 Å². The van der Waals surface area contributed by atoms with E-state index in [-0.39, 0.29) is 0 Å². The fourth-order valence-electron chi connectivity index (χ4n) is 2.54. The van der Waals surface area contributed by atoms with Crippen molar-refractivity contribution in [1.29, 1.82) is 0 Å². The number of rotatable bonds is 2. The average molecular weight is 245 g/mol. The van der Waals surface area contributed by atoms with Crippen LogP contribution in [0.2, 0.25) is 0 Å². The van der Waals surface area contributed by atoms with Crippen molar-refractivity contribution in [2.45, 2.75) is 18.8 Å². The number of aromatic carboxylic acids is 1. The van der Waals surface area contributed by atoms with E-state index in [0.717, 1.165) is 37.3 Å².